The average Bonchev–Trinajstić information content (AvgIpc) is 2.35. The smallest absolute Gasteiger partial charge is 0.304 e. The summed E-state index contributed by atoms with van der Waals surface area (Å²) in [5.74, 6) is -1.01. The first kappa shape index (κ1) is 13.9. The van der Waals surface area contributed by atoms with Crippen molar-refractivity contribution in [2.45, 2.75) is 25.1 Å². The molecular weight excluding hydrogens is 260 g/mol. The van der Waals surface area contributed by atoms with Crippen LogP contribution in [0.2, 0.25) is 0 Å². The molecule has 1 aromatic carbocycles. The Balaban J connectivity index is 2.45. The maximum atomic E-state index is 11.0. The number of aliphatic carboxylic acids is 1. The molecule has 2 rings (SSSR count). The highest BCUT2D eigenvalue weighted by atomic mass is 35.5. The van der Waals surface area contributed by atoms with Crippen LogP contribution >= 0.6 is 11.6 Å². The fraction of sp³-hybridized carbons (Fsp3) is 0.312. The molecule has 2 nitrogen and oxygen atoms in total. The number of hydrogen-bond acceptors (Lipinski definition) is 1. The number of rotatable bonds is 3. The normalized spacial score (nSPS) is 26.6. The molecule has 0 fully saturated rings. The second-order valence-electron chi connectivity index (χ2n) is 5.10. The van der Waals surface area contributed by atoms with Gasteiger partial charge in [0.15, 0.2) is 0 Å². The number of carbonyl (C=O) groups is 1. The minimum atomic E-state index is -0.820. The van der Waals surface area contributed by atoms with Gasteiger partial charge in [0.25, 0.3) is 0 Å². The molecule has 1 aromatic rings. The van der Waals surface area contributed by atoms with Gasteiger partial charge in [-0.2, -0.15) is 0 Å². The van der Waals surface area contributed by atoms with Crippen LogP contribution in [-0.2, 0) is 4.79 Å². The monoisotopic (exact) mass is 276 g/mol. The van der Waals surface area contributed by atoms with Gasteiger partial charge < -0.3 is 5.11 Å². The Morgan fingerprint density at radius 1 is 1.37 bits per heavy atom. The maximum absolute atomic E-state index is 11.0. The highest BCUT2D eigenvalue weighted by Gasteiger charge is 2.36. The topological polar surface area (TPSA) is 37.3 Å². The lowest BCUT2D eigenvalue weighted by Crippen LogP contribution is -2.32. The zero-order chi connectivity index (χ0) is 14.0. The van der Waals surface area contributed by atoms with Crippen molar-refractivity contribution in [3.63, 3.8) is 0 Å². The summed E-state index contributed by atoms with van der Waals surface area (Å²) in [5, 5.41) is 9.07. The molecule has 0 saturated carbocycles. The van der Waals surface area contributed by atoms with Gasteiger partial charge in [0.2, 0.25) is 0 Å². The SMILES string of the molecule is CC1=C(c2ccccc2)C=CC(C)(Cl)C1CC(=O)O. The Hall–Kier alpha value is -1.54. The Morgan fingerprint density at radius 3 is 2.58 bits per heavy atom. The highest BCUT2D eigenvalue weighted by molar-refractivity contribution is 6.26. The predicted octanol–water partition coefficient (Wildman–Crippen LogP) is 4.12. The van der Waals surface area contributed by atoms with E-state index in [0.717, 1.165) is 16.7 Å². The number of benzene rings is 1. The molecule has 1 aliphatic rings. The van der Waals surface area contributed by atoms with Crippen LogP contribution in [0, 0.1) is 5.92 Å². The van der Waals surface area contributed by atoms with Gasteiger partial charge in [-0.25, -0.2) is 0 Å². The standard InChI is InChI=1S/C16H17ClO2/c1-11-13(12-6-4-3-5-7-12)8-9-16(2,17)14(11)10-15(18)19/h3-9,14H,10H2,1-2H3,(H,18,19). The number of alkyl halides is 1. The molecule has 0 radical (unpaired) electrons. The third kappa shape index (κ3) is 2.90. The summed E-state index contributed by atoms with van der Waals surface area (Å²) in [6.45, 7) is 3.84. The van der Waals surface area contributed by atoms with E-state index in [1.807, 2.05) is 56.3 Å². The molecule has 1 N–H and O–H groups in total. The van der Waals surface area contributed by atoms with E-state index in [0.29, 0.717) is 0 Å². The molecule has 1 aliphatic carbocycles. The Morgan fingerprint density at radius 2 is 2.00 bits per heavy atom. The fourth-order valence-corrected chi connectivity index (χ4v) is 2.88. The summed E-state index contributed by atoms with van der Waals surface area (Å²) in [6, 6.07) is 9.97. The summed E-state index contributed by atoms with van der Waals surface area (Å²) in [6.07, 6.45) is 3.94. The second kappa shape index (κ2) is 5.22. The first-order valence-corrected chi connectivity index (χ1v) is 6.66. The minimum absolute atomic E-state index is 0.0481. The lowest BCUT2D eigenvalue weighted by atomic mass is 9.77. The van der Waals surface area contributed by atoms with Crippen LogP contribution in [0.3, 0.4) is 0 Å². The molecule has 0 aliphatic heterocycles. The van der Waals surface area contributed by atoms with E-state index in [9.17, 15) is 4.79 Å². The van der Waals surface area contributed by atoms with E-state index in [1.54, 1.807) is 0 Å². The highest BCUT2D eigenvalue weighted by Crippen LogP contribution is 2.42. The number of halogens is 1. The van der Waals surface area contributed by atoms with Crippen LogP contribution < -0.4 is 0 Å². The zero-order valence-electron chi connectivity index (χ0n) is 11.1. The van der Waals surface area contributed by atoms with Crippen molar-refractivity contribution in [2.75, 3.05) is 0 Å². The lowest BCUT2D eigenvalue weighted by molar-refractivity contribution is -0.138. The van der Waals surface area contributed by atoms with Gasteiger partial charge in [-0.1, -0.05) is 48.1 Å². The summed E-state index contributed by atoms with van der Waals surface area (Å²) in [5.41, 5.74) is 3.21. The van der Waals surface area contributed by atoms with E-state index in [4.69, 9.17) is 16.7 Å². The molecule has 0 saturated heterocycles. The summed E-state index contributed by atoms with van der Waals surface area (Å²) < 4.78 is 0. The van der Waals surface area contributed by atoms with Crippen molar-refractivity contribution in [3.8, 4) is 0 Å². The first-order valence-electron chi connectivity index (χ1n) is 6.28. The van der Waals surface area contributed by atoms with E-state index >= 15 is 0 Å². The summed E-state index contributed by atoms with van der Waals surface area (Å²) in [7, 11) is 0. The van der Waals surface area contributed by atoms with Crippen LogP contribution in [0.5, 0.6) is 0 Å². The lowest BCUT2D eigenvalue weighted by Gasteiger charge is -2.34. The Kier molecular flexibility index (Phi) is 3.81. The van der Waals surface area contributed by atoms with E-state index in [-0.39, 0.29) is 12.3 Å². The van der Waals surface area contributed by atoms with Crippen molar-refractivity contribution in [1.82, 2.24) is 0 Å². The van der Waals surface area contributed by atoms with Gasteiger partial charge in [0.05, 0.1) is 11.3 Å². The molecule has 2 unspecified atom stereocenters. The third-order valence-corrected chi connectivity index (χ3v) is 4.06. The Bertz CT molecular complexity index is 541. The van der Waals surface area contributed by atoms with Crippen molar-refractivity contribution < 1.29 is 9.90 Å². The largest absolute Gasteiger partial charge is 0.481 e. The summed E-state index contributed by atoms with van der Waals surface area (Å²) in [4.78, 5) is 10.4. The van der Waals surface area contributed by atoms with E-state index < -0.39 is 10.8 Å². The van der Waals surface area contributed by atoms with Gasteiger partial charge in [-0.05, 0) is 25.0 Å². The van der Waals surface area contributed by atoms with Gasteiger partial charge in [-0.3, -0.25) is 4.79 Å². The van der Waals surface area contributed by atoms with Crippen LogP contribution in [0.25, 0.3) is 5.57 Å². The molecule has 19 heavy (non-hydrogen) atoms. The fourth-order valence-electron chi connectivity index (χ4n) is 2.57. The second-order valence-corrected chi connectivity index (χ2v) is 5.91. The number of carboxylic acids is 1. The predicted molar refractivity (Wildman–Crippen MR) is 78.2 cm³/mol. The van der Waals surface area contributed by atoms with Crippen molar-refractivity contribution in [3.05, 3.63) is 53.6 Å². The molecule has 100 valence electrons. The molecule has 3 heteroatoms. The molecule has 0 heterocycles. The Labute approximate surface area is 118 Å². The number of allylic oxidation sites excluding steroid dienone is 4. The van der Waals surface area contributed by atoms with Crippen LogP contribution in [0.1, 0.15) is 25.8 Å². The van der Waals surface area contributed by atoms with E-state index in [2.05, 4.69) is 0 Å². The van der Waals surface area contributed by atoms with Crippen LogP contribution in [0.15, 0.2) is 48.1 Å². The van der Waals surface area contributed by atoms with Crippen LogP contribution in [-0.4, -0.2) is 16.0 Å². The van der Waals surface area contributed by atoms with Crippen molar-refractivity contribution in [2.24, 2.45) is 5.92 Å². The summed E-state index contributed by atoms with van der Waals surface area (Å²) >= 11 is 6.45. The average molecular weight is 277 g/mol. The minimum Gasteiger partial charge on any atom is -0.481 e. The maximum Gasteiger partial charge on any atom is 0.304 e. The van der Waals surface area contributed by atoms with Gasteiger partial charge in [0.1, 0.15) is 0 Å². The van der Waals surface area contributed by atoms with Gasteiger partial charge in [0, 0.05) is 5.92 Å². The molecular formula is C16H17ClO2. The third-order valence-electron chi connectivity index (χ3n) is 3.67. The molecule has 0 aromatic heterocycles. The molecule has 0 bridgehead atoms. The van der Waals surface area contributed by atoms with Gasteiger partial charge in [-0.15, -0.1) is 11.6 Å². The first-order chi connectivity index (χ1) is 8.92. The molecule has 2 atom stereocenters. The van der Waals surface area contributed by atoms with Crippen molar-refractivity contribution >= 4 is 23.1 Å². The van der Waals surface area contributed by atoms with Gasteiger partial charge >= 0.3 is 5.97 Å². The van der Waals surface area contributed by atoms with Crippen LogP contribution in [0.4, 0.5) is 0 Å². The van der Waals surface area contributed by atoms with E-state index in [1.165, 1.54) is 0 Å². The molecule has 0 spiro atoms. The number of carboxylic acid groups (broad SMARTS) is 1. The zero-order valence-corrected chi connectivity index (χ0v) is 11.8. The molecule has 0 amide bonds. The van der Waals surface area contributed by atoms with Crippen molar-refractivity contribution in [1.29, 1.82) is 0 Å². The number of hydrogen-bond donors (Lipinski definition) is 1. The quantitative estimate of drug-likeness (QED) is 0.843.